The van der Waals surface area contributed by atoms with Crippen molar-refractivity contribution in [2.75, 3.05) is 11.3 Å². The van der Waals surface area contributed by atoms with Gasteiger partial charge in [-0.25, -0.2) is 18.2 Å². The van der Waals surface area contributed by atoms with E-state index in [4.69, 9.17) is 4.74 Å². The summed E-state index contributed by atoms with van der Waals surface area (Å²) in [6.07, 6.45) is 5.06. The zero-order chi connectivity index (χ0) is 22.4. The van der Waals surface area contributed by atoms with Crippen LogP contribution in [0.4, 0.5) is 5.82 Å². The van der Waals surface area contributed by atoms with E-state index in [-0.39, 0.29) is 28.6 Å². The fraction of sp³-hybridized carbons (Fsp3) is 0.130. The highest BCUT2D eigenvalue weighted by Crippen LogP contribution is 2.22. The molecule has 1 aromatic heterocycles. The van der Waals surface area contributed by atoms with E-state index in [9.17, 15) is 18.3 Å². The van der Waals surface area contributed by atoms with Gasteiger partial charge in [0.15, 0.2) is 0 Å². The summed E-state index contributed by atoms with van der Waals surface area (Å²) in [6, 6.07) is 14.4. The lowest BCUT2D eigenvalue weighted by molar-refractivity contribution is 0.0523. The second kappa shape index (κ2) is 9.44. The van der Waals surface area contributed by atoms with Gasteiger partial charge in [-0.3, -0.25) is 4.72 Å². The summed E-state index contributed by atoms with van der Waals surface area (Å²) in [5.74, 6) is -0.491. The van der Waals surface area contributed by atoms with Gasteiger partial charge >= 0.3 is 5.97 Å². The first-order chi connectivity index (χ1) is 14.8. The summed E-state index contributed by atoms with van der Waals surface area (Å²) >= 11 is 0. The average molecular weight is 439 g/mol. The molecule has 0 unspecified atom stereocenters. The number of anilines is 1. The Kier molecular flexibility index (Phi) is 6.71. The molecule has 0 aliphatic rings. The maximum Gasteiger partial charge on any atom is 0.341 e. The van der Waals surface area contributed by atoms with E-state index in [1.807, 2.05) is 6.92 Å². The Morgan fingerprint density at radius 2 is 1.74 bits per heavy atom. The number of ether oxygens (including phenoxy) is 1. The fourth-order valence-electron chi connectivity index (χ4n) is 2.77. The molecule has 8 heteroatoms. The first-order valence-corrected chi connectivity index (χ1v) is 11.0. The minimum absolute atomic E-state index is 0.0845. The van der Waals surface area contributed by atoms with Crippen molar-refractivity contribution in [2.24, 2.45) is 0 Å². The van der Waals surface area contributed by atoms with Crippen molar-refractivity contribution >= 4 is 34.0 Å². The Morgan fingerprint density at radius 1 is 1.06 bits per heavy atom. The second-order valence-electron chi connectivity index (χ2n) is 6.72. The number of phenolic OH excluding ortho intramolecular Hbond substituents is 1. The number of aryl methyl sites for hydroxylation is 1. The molecule has 7 nitrogen and oxygen atoms in total. The Bertz CT molecular complexity index is 1220. The smallest absolute Gasteiger partial charge is 0.341 e. The first kappa shape index (κ1) is 22.0. The number of aromatic nitrogens is 1. The Balaban J connectivity index is 1.75. The number of hydrogen-bond acceptors (Lipinski definition) is 6. The summed E-state index contributed by atoms with van der Waals surface area (Å²) in [6.45, 7) is 3.75. The van der Waals surface area contributed by atoms with Crippen molar-refractivity contribution < 1.29 is 23.1 Å². The highest BCUT2D eigenvalue weighted by atomic mass is 32.2. The molecule has 2 N–H and O–H groups in total. The van der Waals surface area contributed by atoms with E-state index < -0.39 is 16.0 Å². The number of sulfonamides is 1. The Morgan fingerprint density at radius 3 is 2.42 bits per heavy atom. The zero-order valence-electron chi connectivity index (χ0n) is 17.1. The van der Waals surface area contributed by atoms with Crippen LogP contribution in [0.1, 0.15) is 34.0 Å². The van der Waals surface area contributed by atoms with Crippen molar-refractivity contribution in [1.82, 2.24) is 4.98 Å². The van der Waals surface area contributed by atoms with Crippen molar-refractivity contribution in [2.45, 2.75) is 18.7 Å². The summed E-state index contributed by atoms with van der Waals surface area (Å²) in [4.78, 5) is 16.0. The molecule has 1 heterocycles. The number of carbonyl (C=O) groups is 1. The van der Waals surface area contributed by atoms with E-state index in [0.717, 1.165) is 11.1 Å². The maximum atomic E-state index is 12.6. The molecule has 0 radical (unpaired) electrons. The second-order valence-corrected chi connectivity index (χ2v) is 8.41. The number of hydrogen-bond donors (Lipinski definition) is 2. The standard InChI is InChI=1S/C23H22N2O5S/c1-3-30-23(27)20-15-18(8-11-21(20)26)5-4-17-6-9-19(10-7-17)31(28,29)25-22-14-16(2)12-13-24-22/h4-15,26H,3H2,1-2H3,(H,24,25). The molecule has 0 fully saturated rings. The van der Waals surface area contributed by atoms with Gasteiger partial charge in [-0.2, -0.15) is 0 Å². The lowest BCUT2D eigenvalue weighted by atomic mass is 10.1. The van der Waals surface area contributed by atoms with E-state index in [0.29, 0.717) is 5.56 Å². The molecule has 2 aromatic carbocycles. The summed E-state index contributed by atoms with van der Waals surface area (Å²) in [5, 5.41) is 9.85. The van der Waals surface area contributed by atoms with Crippen LogP contribution in [0.15, 0.2) is 65.7 Å². The monoisotopic (exact) mass is 438 g/mol. The largest absolute Gasteiger partial charge is 0.507 e. The molecule has 0 saturated heterocycles. The predicted octanol–water partition coefficient (Wildman–Crippen LogP) is 4.24. The lowest BCUT2D eigenvalue weighted by Gasteiger charge is -2.08. The third-order valence-corrected chi connectivity index (χ3v) is 5.70. The van der Waals surface area contributed by atoms with E-state index in [1.165, 1.54) is 30.5 Å². The van der Waals surface area contributed by atoms with Crippen LogP contribution in [0.5, 0.6) is 5.75 Å². The molecular formula is C23H22N2O5S. The van der Waals surface area contributed by atoms with E-state index >= 15 is 0 Å². The number of rotatable bonds is 7. The third kappa shape index (κ3) is 5.70. The zero-order valence-corrected chi connectivity index (χ0v) is 17.9. The molecule has 0 saturated carbocycles. The van der Waals surface area contributed by atoms with Crippen LogP contribution in [-0.2, 0) is 14.8 Å². The number of carbonyl (C=O) groups excluding carboxylic acids is 1. The van der Waals surface area contributed by atoms with Crippen LogP contribution in [0.3, 0.4) is 0 Å². The highest BCUT2D eigenvalue weighted by Gasteiger charge is 2.15. The predicted molar refractivity (Wildman–Crippen MR) is 119 cm³/mol. The molecule has 3 aromatic rings. The van der Waals surface area contributed by atoms with Gasteiger partial charge in [0, 0.05) is 6.20 Å². The summed E-state index contributed by atoms with van der Waals surface area (Å²) in [7, 11) is -3.76. The van der Waals surface area contributed by atoms with Gasteiger partial charge in [-0.15, -0.1) is 0 Å². The number of aromatic hydroxyl groups is 1. The molecule has 31 heavy (non-hydrogen) atoms. The third-order valence-electron chi connectivity index (χ3n) is 4.33. The van der Waals surface area contributed by atoms with Crippen LogP contribution in [0.25, 0.3) is 12.2 Å². The molecular weight excluding hydrogens is 416 g/mol. The van der Waals surface area contributed by atoms with Gasteiger partial charge in [0.05, 0.1) is 11.5 Å². The maximum absolute atomic E-state index is 12.6. The first-order valence-electron chi connectivity index (χ1n) is 9.52. The Hall–Kier alpha value is -3.65. The number of benzene rings is 2. The molecule has 0 aliphatic heterocycles. The van der Waals surface area contributed by atoms with Gasteiger partial charge < -0.3 is 9.84 Å². The van der Waals surface area contributed by atoms with E-state index in [2.05, 4.69) is 9.71 Å². The van der Waals surface area contributed by atoms with Crippen LogP contribution in [0.2, 0.25) is 0 Å². The summed E-state index contributed by atoms with van der Waals surface area (Å²) in [5.41, 5.74) is 2.43. The normalized spacial score (nSPS) is 11.4. The number of pyridine rings is 1. The van der Waals surface area contributed by atoms with Crippen molar-refractivity contribution in [3.63, 3.8) is 0 Å². The van der Waals surface area contributed by atoms with Crippen LogP contribution in [-0.4, -0.2) is 31.1 Å². The van der Waals surface area contributed by atoms with Crippen molar-refractivity contribution in [1.29, 1.82) is 0 Å². The molecule has 3 rings (SSSR count). The minimum Gasteiger partial charge on any atom is -0.507 e. The van der Waals surface area contributed by atoms with Gasteiger partial charge in [0.2, 0.25) is 0 Å². The minimum atomic E-state index is -3.76. The SMILES string of the molecule is CCOC(=O)c1cc(C=Cc2ccc(S(=O)(=O)Nc3cc(C)ccn3)cc2)ccc1O. The van der Waals surface area contributed by atoms with Gasteiger partial charge in [-0.05, 0) is 66.9 Å². The molecule has 0 bridgehead atoms. The van der Waals surface area contributed by atoms with Crippen LogP contribution >= 0.6 is 0 Å². The lowest BCUT2D eigenvalue weighted by Crippen LogP contribution is -2.13. The fourth-order valence-corrected chi connectivity index (χ4v) is 3.77. The van der Waals surface area contributed by atoms with Gasteiger partial charge in [0.1, 0.15) is 17.1 Å². The van der Waals surface area contributed by atoms with Crippen molar-refractivity contribution in [3.8, 4) is 5.75 Å². The molecule has 0 amide bonds. The van der Waals surface area contributed by atoms with Gasteiger partial charge in [-0.1, -0.05) is 30.4 Å². The highest BCUT2D eigenvalue weighted by molar-refractivity contribution is 7.92. The number of phenols is 1. The topological polar surface area (TPSA) is 106 Å². The summed E-state index contributed by atoms with van der Waals surface area (Å²) < 4.78 is 32.5. The molecule has 0 atom stereocenters. The molecule has 160 valence electrons. The number of nitrogens with zero attached hydrogens (tertiary/aromatic N) is 1. The number of esters is 1. The molecule has 0 spiro atoms. The van der Waals surface area contributed by atoms with Crippen LogP contribution < -0.4 is 4.72 Å². The van der Waals surface area contributed by atoms with Crippen molar-refractivity contribution in [3.05, 3.63) is 83.0 Å². The van der Waals surface area contributed by atoms with E-state index in [1.54, 1.807) is 49.4 Å². The Labute approximate surface area is 181 Å². The average Bonchev–Trinajstić information content (AvgIpc) is 2.73. The van der Waals surface area contributed by atoms with Gasteiger partial charge in [0.25, 0.3) is 10.0 Å². The quantitative estimate of drug-likeness (QED) is 0.422. The number of nitrogens with one attached hydrogen (secondary N) is 1. The van der Waals surface area contributed by atoms with Crippen LogP contribution in [0, 0.1) is 6.92 Å². The molecule has 0 aliphatic carbocycles.